The van der Waals surface area contributed by atoms with Gasteiger partial charge in [-0.2, -0.15) is 0 Å². The molecule has 0 aliphatic rings. The minimum Gasteiger partial charge on any atom is -0.361 e. The van der Waals surface area contributed by atoms with Gasteiger partial charge in [-0.15, -0.1) is 0 Å². The number of rotatable bonds is 6. The van der Waals surface area contributed by atoms with Gasteiger partial charge in [0.05, 0.1) is 17.4 Å². The molecule has 4 aromatic rings. The molecule has 1 amide bonds. The van der Waals surface area contributed by atoms with Gasteiger partial charge in [-0.05, 0) is 37.1 Å². The molecule has 4 rings (SSSR count). The Morgan fingerprint density at radius 3 is 2.64 bits per heavy atom. The summed E-state index contributed by atoms with van der Waals surface area (Å²) in [5.41, 5.74) is 2.68. The first-order valence-corrected chi connectivity index (χ1v) is 9.46. The van der Waals surface area contributed by atoms with E-state index in [-0.39, 0.29) is 11.5 Å². The number of benzene rings is 2. The second-order valence-electron chi connectivity index (χ2n) is 6.80. The minimum atomic E-state index is -0.178. The number of hydrogen-bond donors (Lipinski definition) is 2. The Hall–Kier alpha value is -3.41. The third-order valence-electron chi connectivity index (χ3n) is 5.02. The average molecular weight is 374 g/mol. The number of carbonyl (C=O) groups excluding carboxylic acids is 1. The molecule has 0 saturated heterocycles. The fraction of sp³-hybridized carbons (Fsp3) is 0.227. The van der Waals surface area contributed by atoms with Gasteiger partial charge < -0.3 is 14.9 Å². The highest BCUT2D eigenvalue weighted by molar-refractivity contribution is 5.84. The molecule has 0 aliphatic heterocycles. The maximum Gasteiger partial charge on any atom is 0.258 e. The van der Waals surface area contributed by atoms with Crippen molar-refractivity contribution in [2.24, 2.45) is 0 Å². The van der Waals surface area contributed by atoms with Crippen LogP contribution in [0.2, 0.25) is 0 Å². The summed E-state index contributed by atoms with van der Waals surface area (Å²) in [6.07, 6.45) is 3.05. The third-order valence-corrected chi connectivity index (χ3v) is 5.02. The standard InChI is InChI=1S/C22H22N4O2/c1-2-26(14-20-24-19-10-6-4-8-17(19)22(28)25-20)21(27)12-11-15-13-23-18-9-5-3-7-16(15)18/h3-10,13,23H,2,11-12,14H2,1H3,(H,24,25,28). The van der Waals surface area contributed by atoms with E-state index < -0.39 is 0 Å². The molecule has 0 spiro atoms. The fourth-order valence-electron chi connectivity index (χ4n) is 3.51. The summed E-state index contributed by atoms with van der Waals surface area (Å²) in [5, 5.41) is 1.71. The summed E-state index contributed by atoms with van der Waals surface area (Å²) < 4.78 is 0. The molecule has 0 radical (unpaired) electrons. The van der Waals surface area contributed by atoms with Crippen molar-refractivity contribution in [2.75, 3.05) is 6.54 Å². The third kappa shape index (κ3) is 3.53. The number of aryl methyl sites for hydroxylation is 1. The van der Waals surface area contributed by atoms with Crippen molar-refractivity contribution in [1.29, 1.82) is 0 Å². The Morgan fingerprint density at radius 2 is 1.82 bits per heavy atom. The number of nitrogens with one attached hydrogen (secondary N) is 2. The molecular weight excluding hydrogens is 352 g/mol. The van der Waals surface area contributed by atoms with Crippen LogP contribution in [0.5, 0.6) is 0 Å². The second kappa shape index (κ2) is 7.68. The lowest BCUT2D eigenvalue weighted by molar-refractivity contribution is -0.131. The van der Waals surface area contributed by atoms with Gasteiger partial charge in [0.25, 0.3) is 5.56 Å². The zero-order valence-electron chi connectivity index (χ0n) is 15.7. The lowest BCUT2D eigenvalue weighted by Crippen LogP contribution is -2.32. The van der Waals surface area contributed by atoms with Gasteiger partial charge >= 0.3 is 0 Å². The van der Waals surface area contributed by atoms with Crippen LogP contribution < -0.4 is 5.56 Å². The largest absolute Gasteiger partial charge is 0.361 e. The highest BCUT2D eigenvalue weighted by Crippen LogP contribution is 2.19. The molecule has 0 saturated carbocycles. The minimum absolute atomic E-state index is 0.0450. The van der Waals surface area contributed by atoms with E-state index in [1.165, 1.54) is 0 Å². The van der Waals surface area contributed by atoms with E-state index in [4.69, 9.17) is 0 Å². The van der Waals surface area contributed by atoms with Crippen LogP contribution in [0.25, 0.3) is 21.8 Å². The summed E-state index contributed by atoms with van der Waals surface area (Å²) in [4.78, 5) is 37.3. The highest BCUT2D eigenvalue weighted by atomic mass is 16.2. The molecule has 6 nitrogen and oxygen atoms in total. The van der Waals surface area contributed by atoms with Gasteiger partial charge in [-0.3, -0.25) is 9.59 Å². The van der Waals surface area contributed by atoms with Gasteiger partial charge in [-0.1, -0.05) is 30.3 Å². The summed E-state index contributed by atoms with van der Waals surface area (Å²) in [5.74, 6) is 0.551. The molecule has 0 fully saturated rings. The van der Waals surface area contributed by atoms with Gasteiger partial charge in [0.15, 0.2) is 0 Å². The lowest BCUT2D eigenvalue weighted by Gasteiger charge is -2.20. The Bertz CT molecular complexity index is 1190. The van der Waals surface area contributed by atoms with Crippen LogP contribution in [0, 0.1) is 0 Å². The SMILES string of the molecule is CCN(Cc1nc2ccccc2c(=O)[nH]1)C(=O)CCc1c[nH]c2ccccc12. The van der Waals surface area contributed by atoms with Crippen LogP contribution >= 0.6 is 0 Å². The van der Waals surface area contributed by atoms with Crippen molar-refractivity contribution < 1.29 is 4.79 Å². The van der Waals surface area contributed by atoms with Crippen LogP contribution in [-0.4, -0.2) is 32.3 Å². The Balaban J connectivity index is 1.48. The van der Waals surface area contributed by atoms with E-state index in [9.17, 15) is 9.59 Å². The molecule has 0 bridgehead atoms. The average Bonchev–Trinajstić information content (AvgIpc) is 3.13. The van der Waals surface area contributed by atoms with Crippen molar-refractivity contribution in [3.8, 4) is 0 Å². The first-order valence-electron chi connectivity index (χ1n) is 9.46. The van der Waals surface area contributed by atoms with Gasteiger partial charge in [0.1, 0.15) is 5.82 Å². The first kappa shape index (κ1) is 18.0. The molecule has 2 aromatic heterocycles. The number of carbonyl (C=O) groups is 1. The van der Waals surface area contributed by atoms with Crippen molar-refractivity contribution in [2.45, 2.75) is 26.3 Å². The van der Waals surface area contributed by atoms with Gasteiger partial charge in [0.2, 0.25) is 5.91 Å². The Labute approximate surface area is 162 Å². The van der Waals surface area contributed by atoms with Crippen molar-refractivity contribution in [1.82, 2.24) is 19.9 Å². The molecular formula is C22H22N4O2. The summed E-state index contributed by atoms with van der Waals surface area (Å²) in [6, 6.07) is 15.3. The number of fused-ring (bicyclic) bond motifs is 2. The molecule has 2 aromatic carbocycles. The topological polar surface area (TPSA) is 81.8 Å². The van der Waals surface area contributed by atoms with E-state index in [2.05, 4.69) is 21.0 Å². The molecule has 28 heavy (non-hydrogen) atoms. The van der Waals surface area contributed by atoms with E-state index in [0.29, 0.717) is 42.7 Å². The molecule has 6 heteroatoms. The molecule has 0 atom stereocenters. The lowest BCUT2D eigenvalue weighted by atomic mass is 10.1. The second-order valence-corrected chi connectivity index (χ2v) is 6.80. The maximum atomic E-state index is 12.8. The van der Waals surface area contributed by atoms with E-state index >= 15 is 0 Å². The van der Waals surface area contributed by atoms with Crippen molar-refractivity contribution in [3.63, 3.8) is 0 Å². The fourth-order valence-corrected chi connectivity index (χ4v) is 3.51. The smallest absolute Gasteiger partial charge is 0.258 e. The maximum absolute atomic E-state index is 12.8. The van der Waals surface area contributed by atoms with E-state index in [1.54, 1.807) is 11.0 Å². The number of amides is 1. The number of aromatic nitrogens is 3. The van der Waals surface area contributed by atoms with E-state index in [1.807, 2.05) is 49.5 Å². The van der Waals surface area contributed by atoms with Crippen molar-refractivity contribution in [3.05, 3.63) is 76.5 Å². The van der Waals surface area contributed by atoms with Crippen LogP contribution in [0.4, 0.5) is 0 Å². The number of H-pyrrole nitrogens is 2. The van der Waals surface area contributed by atoms with Crippen molar-refractivity contribution >= 4 is 27.7 Å². The number of aromatic amines is 2. The molecule has 142 valence electrons. The molecule has 0 unspecified atom stereocenters. The summed E-state index contributed by atoms with van der Waals surface area (Å²) in [6.45, 7) is 2.79. The molecule has 2 heterocycles. The first-order chi connectivity index (χ1) is 13.7. The summed E-state index contributed by atoms with van der Waals surface area (Å²) in [7, 11) is 0. The highest BCUT2D eigenvalue weighted by Gasteiger charge is 2.15. The Morgan fingerprint density at radius 1 is 1.07 bits per heavy atom. The van der Waals surface area contributed by atoms with Crippen LogP contribution in [0.1, 0.15) is 24.7 Å². The zero-order chi connectivity index (χ0) is 19.5. The van der Waals surface area contributed by atoms with Crippen LogP contribution in [-0.2, 0) is 17.8 Å². The van der Waals surface area contributed by atoms with Crippen LogP contribution in [0.15, 0.2) is 59.5 Å². The zero-order valence-corrected chi connectivity index (χ0v) is 15.7. The van der Waals surface area contributed by atoms with E-state index in [0.717, 1.165) is 16.5 Å². The van der Waals surface area contributed by atoms with Gasteiger partial charge in [-0.25, -0.2) is 4.98 Å². The number of nitrogens with zero attached hydrogens (tertiary/aromatic N) is 2. The quantitative estimate of drug-likeness (QED) is 0.543. The predicted molar refractivity (Wildman–Crippen MR) is 110 cm³/mol. The monoisotopic (exact) mass is 374 g/mol. The molecule has 0 aliphatic carbocycles. The number of hydrogen-bond acceptors (Lipinski definition) is 3. The molecule has 2 N–H and O–H groups in total. The Kier molecular flexibility index (Phi) is 4.93. The van der Waals surface area contributed by atoms with Crippen LogP contribution in [0.3, 0.4) is 0 Å². The number of para-hydroxylation sites is 2. The summed E-state index contributed by atoms with van der Waals surface area (Å²) >= 11 is 0. The van der Waals surface area contributed by atoms with Gasteiger partial charge in [0, 0.05) is 30.1 Å². The predicted octanol–water partition coefficient (Wildman–Crippen LogP) is 3.39. The normalized spacial score (nSPS) is 11.2.